The van der Waals surface area contributed by atoms with Crippen molar-refractivity contribution in [2.24, 2.45) is 0 Å². The molecule has 0 bridgehead atoms. The quantitative estimate of drug-likeness (QED) is 0.647. The minimum atomic E-state index is -0.0318. The van der Waals surface area contributed by atoms with Gasteiger partial charge in [-0.3, -0.25) is 0 Å². The molecule has 1 heterocycles. The number of aromatic hydroxyl groups is 2. The van der Waals surface area contributed by atoms with Gasteiger partial charge in [-0.05, 0) is 56.0 Å². The first kappa shape index (κ1) is 10.3. The lowest BCUT2D eigenvalue weighted by atomic mass is 9.99. The second kappa shape index (κ2) is 4.11. The van der Waals surface area contributed by atoms with Gasteiger partial charge in [-0.25, -0.2) is 0 Å². The first-order chi connectivity index (χ1) is 7.16. The topological polar surface area (TPSA) is 52.5 Å². The summed E-state index contributed by atoms with van der Waals surface area (Å²) in [5.41, 5.74) is 2.16. The highest BCUT2D eigenvalue weighted by atomic mass is 16.3. The number of nitrogens with one attached hydrogen (secondary N) is 1. The molecule has 1 aliphatic heterocycles. The lowest BCUT2D eigenvalue weighted by Crippen LogP contribution is -2.23. The van der Waals surface area contributed by atoms with Crippen molar-refractivity contribution in [3.05, 3.63) is 23.3 Å². The lowest BCUT2D eigenvalue weighted by molar-refractivity contribution is 0.402. The highest BCUT2D eigenvalue weighted by Gasteiger charge is 2.16. The predicted octanol–water partition coefficient (Wildman–Crippen LogP) is 1.70. The zero-order valence-corrected chi connectivity index (χ0v) is 8.95. The predicted molar refractivity (Wildman–Crippen MR) is 59.2 cm³/mol. The Hall–Kier alpha value is -1.22. The molecule has 2 rings (SSSR count). The molecule has 82 valence electrons. The molecule has 1 aromatic carbocycles. The van der Waals surface area contributed by atoms with Crippen LogP contribution in [0.1, 0.15) is 24.0 Å². The largest absolute Gasteiger partial charge is 0.504 e. The third kappa shape index (κ3) is 2.23. The van der Waals surface area contributed by atoms with Crippen molar-refractivity contribution >= 4 is 0 Å². The van der Waals surface area contributed by atoms with Gasteiger partial charge in [-0.15, -0.1) is 0 Å². The molecule has 0 amide bonds. The van der Waals surface area contributed by atoms with E-state index < -0.39 is 0 Å². The molecule has 1 saturated heterocycles. The zero-order valence-electron chi connectivity index (χ0n) is 8.95. The normalized spacial score (nSPS) is 20.7. The van der Waals surface area contributed by atoms with Crippen molar-refractivity contribution < 1.29 is 10.2 Å². The Morgan fingerprint density at radius 3 is 2.73 bits per heavy atom. The van der Waals surface area contributed by atoms with E-state index in [0.717, 1.165) is 24.1 Å². The molecule has 0 saturated carbocycles. The molecule has 0 aromatic heterocycles. The van der Waals surface area contributed by atoms with Gasteiger partial charge in [-0.2, -0.15) is 0 Å². The van der Waals surface area contributed by atoms with Crippen LogP contribution in [0.15, 0.2) is 12.1 Å². The second-order valence-corrected chi connectivity index (χ2v) is 4.26. The Morgan fingerprint density at radius 1 is 1.33 bits per heavy atom. The van der Waals surface area contributed by atoms with Crippen molar-refractivity contribution in [3.8, 4) is 11.5 Å². The molecule has 3 nitrogen and oxygen atoms in total. The third-order valence-corrected chi connectivity index (χ3v) is 3.06. The van der Waals surface area contributed by atoms with Crippen LogP contribution in [0, 0.1) is 6.92 Å². The molecule has 1 unspecified atom stereocenters. The average Bonchev–Trinajstić information content (AvgIpc) is 2.67. The van der Waals surface area contributed by atoms with Crippen LogP contribution in [-0.2, 0) is 6.42 Å². The van der Waals surface area contributed by atoms with Gasteiger partial charge < -0.3 is 15.5 Å². The van der Waals surface area contributed by atoms with Crippen LogP contribution in [0.5, 0.6) is 11.5 Å². The Bertz CT molecular complexity index is 357. The van der Waals surface area contributed by atoms with E-state index >= 15 is 0 Å². The number of hydrogen-bond acceptors (Lipinski definition) is 3. The van der Waals surface area contributed by atoms with Crippen molar-refractivity contribution in [2.45, 2.75) is 32.2 Å². The summed E-state index contributed by atoms with van der Waals surface area (Å²) in [4.78, 5) is 0. The van der Waals surface area contributed by atoms with Crippen LogP contribution in [0.25, 0.3) is 0 Å². The van der Waals surface area contributed by atoms with E-state index in [4.69, 9.17) is 0 Å². The van der Waals surface area contributed by atoms with Crippen LogP contribution in [0.2, 0.25) is 0 Å². The number of hydrogen-bond donors (Lipinski definition) is 3. The van der Waals surface area contributed by atoms with E-state index in [1.165, 1.54) is 12.8 Å². The van der Waals surface area contributed by atoms with Gasteiger partial charge in [0.05, 0.1) is 0 Å². The molecule has 3 N–H and O–H groups in total. The first-order valence-electron chi connectivity index (χ1n) is 5.41. The summed E-state index contributed by atoms with van der Waals surface area (Å²) in [6, 6.07) is 3.82. The van der Waals surface area contributed by atoms with Gasteiger partial charge in [0.15, 0.2) is 11.5 Å². The Balaban J connectivity index is 2.16. The van der Waals surface area contributed by atoms with Gasteiger partial charge >= 0.3 is 0 Å². The molecular formula is C12H17NO2. The average molecular weight is 207 g/mol. The van der Waals surface area contributed by atoms with Crippen LogP contribution in [-0.4, -0.2) is 22.8 Å². The zero-order chi connectivity index (χ0) is 10.8. The molecule has 3 heteroatoms. The molecule has 0 radical (unpaired) electrons. The monoisotopic (exact) mass is 207 g/mol. The van der Waals surface area contributed by atoms with E-state index in [2.05, 4.69) is 5.32 Å². The van der Waals surface area contributed by atoms with Crippen molar-refractivity contribution in [1.29, 1.82) is 0 Å². The molecular weight excluding hydrogens is 190 g/mol. The summed E-state index contributed by atoms with van der Waals surface area (Å²) in [5.74, 6) is -0.0516. The van der Waals surface area contributed by atoms with Crippen molar-refractivity contribution in [1.82, 2.24) is 5.32 Å². The number of benzene rings is 1. The highest BCUT2D eigenvalue weighted by Crippen LogP contribution is 2.29. The van der Waals surface area contributed by atoms with E-state index in [1.807, 2.05) is 6.92 Å². The molecule has 0 aliphatic carbocycles. The Kier molecular flexibility index (Phi) is 2.82. The second-order valence-electron chi connectivity index (χ2n) is 4.26. The maximum Gasteiger partial charge on any atom is 0.157 e. The minimum absolute atomic E-state index is 0.0198. The van der Waals surface area contributed by atoms with E-state index in [9.17, 15) is 10.2 Å². The lowest BCUT2D eigenvalue weighted by Gasteiger charge is -2.13. The number of aryl methyl sites for hydroxylation is 1. The summed E-state index contributed by atoms with van der Waals surface area (Å²) in [7, 11) is 0. The van der Waals surface area contributed by atoms with Gasteiger partial charge in [0.2, 0.25) is 0 Å². The summed E-state index contributed by atoms with van der Waals surface area (Å²) in [6.07, 6.45) is 3.36. The fraction of sp³-hybridized carbons (Fsp3) is 0.500. The third-order valence-electron chi connectivity index (χ3n) is 3.06. The van der Waals surface area contributed by atoms with Crippen LogP contribution >= 0.6 is 0 Å². The van der Waals surface area contributed by atoms with E-state index in [-0.39, 0.29) is 11.5 Å². The standard InChI is InChI=1S/C12H17NO2/c1-8-5-11(14)12(15)7-9(8)6-10-3-2-4-13-10/h5,7,10,13-15H,2-4,6H2,1H3. The maximum atomic E-state index is 9.43. The van der Waals surface area contributed by atoms with Crippen LogP contribution in [0.4, 0.5) is 0 Å². The highest BCUT2D eigenvalue weighted by molar-refractivity contribution is 5.45. The molecule has 0 spiro atoms. The first-order valence-corrected chi connectivity index (χ1v) is 5.41. The summed E-state index contributed by atoms with van der Waals surface area (Å²) in [5, 5.41) is 22.2. The fourth-order valence-corrected chi connectivity index (χ4v) is 2.14. The van der Waals surface area contributed by atoms with Crippen molar-refractivity contribution in [2.75, 3.05) is 6.54 Å². The van der Waals surface area contributed by atoms with Crippen molar-refractivity contribution in [3.63, 3.8) is 0 Å². The van der Waals surface area contributed by atoms with Gasteiger partial charge in [0.25, 0.3) is 0 Å². The van der Waals surface area contributed by atoms with Gasteiger partial charge in [-0.1, -0.05) is 0 Å². The number of rotatable bonds is 2. The Morgan fingerprint density at radius 2 is 2.07 bits per heavy atom. The minimum Gasteiger partial charge on any atom is -0.504 e. The summed E-state index contributed by atoms with van der Waals surface area (Å²) in [6.45, 7) is 3.05. The molecule has 1 atom stereocenters. The molecule has 1 aromatic rings. The molecule has 15 heavy (non-hydrogen) atoms. The SMILES string of the molecule is Cc1cc(O)c(O)cc1CC1CCCN1. The molecule has 1 aliphatic rings. The van der Waals surface area contributed by atoms with Crippen LogP contribution in [0.3, 0.4) is 0 Å². The summed E-state index contributed by atoms with van der Waals surface area (Å²) >= 11 is 0. The fourth-order valence-electron chi connectivity index (χ4n) is 2.14. The van der Waals surface area contributed by atoms with Gasteiger partial charge in [0, 0.05) is 6.04 Å². The van der Waals surface area contributed by atoms with E-state index in [0.29, 0.717) is 6.04 Å². The molecule has 1 fully saturated rings. The number of phenolic OH excluding ortho intramolecular Hbond substituents is 2. The number of phenols is 2. The maximum absolute atomic E-state index is 9.43. The van der Waals surface area contributed by atoms with Crippen LogP contribution < -0.4 is 5.32 Å². The smallest absolute Gasteiger partial charge is 0.157 e. The Labute approximate surface area is 89.8 Å². The van der Waals surface area contributed by atoms with E-state index in [1.54, 1.807) is 12.1 Å². The summed E-state index contributed by atoms with van der Waals surface area (Å²) < 4.78 is 0. The van der Waals surface area contributed by atoms with Gasteiger partial charge in [0.1, 0.15) is 0 Å².